The molecule has 0 N–H and O–H groups in total. The van der Waals surface area contributed by atoms with E-state index in [4.69, 9.17) is 0 Å². The maximum atomic E-state index is 13.5. The Balaban J connectivity index is 2.37. The van der Waals surface area contributed by atoms with Crippen molar-refractivity contribution in [1.82, 2.24) is 0 Å². The van der Waals surface area contributed by atoms with Crippen LogP contribution in [0, 0.1) is 23.0 Å². The van der Waals surface area contributed by atoms with Crippen molar-refractivity contribution < 1.29 is 9.72 Å². The predicted molar refractivity (Wildman–Crippen MR) is 109 cm³/mol. The molecule has 5 heteroatoms. The van der Waals surface area contributed by atoms with Gasteiger partial charge in [0, 0.05) is 16.4 Å². The van der Waals surface area contributed by atoms with E-state index in [1.807, 2.05) is 31.2 Å². The molecule has 0 aromatic heterocycles. The molecule has 144 valence electrons. The van der Waals surface area contributed by atoms with Crippen molar-refractivity contribution in [2.45, 2.75) is 76.5 Å². The van der Waals surface area contributed by atoms with Crippen molar-refractivity contribution in [3.8, 4) is 0 Å². The van der Waals surface area contributed by atoms with Gasteiger partial charge in [0.25, 0.3) is 0 Å². The van der Waals surface area contributed by atoms with Gasteiger partial charge in [-0.05, 0) is 30.4 Å². The molecule has 0 bridgehead atoms. The van der Waals surface area contributed by atoms with Gasteiger partial charge in [-0.25, -0.2) is 0 Å². The lowest BCUT2D eigenvalue weighted by molar-refractivity contribution is -0.484. The largest absolute Gasteiger partial charge is 0.299 e. The monoisotopic (exact) mass is 375 g/mol. The van der Waals surface area contributed by atoms with Crippen LogP contribution in [0.15, 0.2) is 24.3 Å². The lowest BCUT2D eigenvalue weighted by atomic mass is 9.75. The summed E-state index contributed by atoms with van der Waals surface area (Å²) in [5.74, 6) is -0.253. The van der Waals surface area contributed by atoms with Gasteiger partial charge in [0.15, 0.2) is 0 Å². The van der Waals surface area contributed by atoms with Crippen molar-refractivity contribution in [2.24, 2.45) is 5.92 Å². The van der Waals surface area contributed by atoms with Crippen LogP contribution in [0.25, 0.3) is 0 Å². The third-order valence-corrected chi connectivity index (χ3v) is 13.0. The summed E-state index contributed by atoms with van der Waals surface area (Å²) >= 11 is 0. The third kappa shape index (κ3) is 4.25. The van der Waals surface area contributed by atoms with Crippen LogP contribution in [-0.2, 0) is 4.79 Å². The van der Waals surface area contributed by atoms with Crippen LogP contribution in [0.2, 0.25) is 23.7 Å². The third-order valence-electron chi connectivity index (χ3n) is 6.86. The number of hydrogen-bond donors (Lipinski definition) is 0. The second-order valence-electron chi connectivity index (χ2n) is 9.50. The van der Waals surface area contributed by atoms with E-state index in [1.165, 1.54) is 0 Å². The number of carbonyl (C=O) groups is 1. The van der Waals surface area contributed by atoms with Crippen molar-refractivity contribution in [3.05, 3.63) is 45.5 Å². The summed E-state index contributed by atoms with van der Waals surface area (Å²) in [5.41, 5.74) is 2.16. The smallest absolute Gasteiger partial charge is 0.211 e. The minimum Gasteiger partial charge on any atom is -0.299 e. The molecule has 26 heavy (non-hydrogen) atoms. The molecule has 0 radical (unpaired) electrons. The zero-order chi connectivity index (χ0) is 19.7. The molecular weight excluding hydrogens is 342 g/mol. The standard InChI is InChI=1S/C21H33NO3Si/c1-15-10-12-16(13-11-15)18(14-22(24)25)17-8-7-9-19(20(17)23)26(5,6)21(2,3)4/h10-13,17-19H,7-9,14H2,1-6H3/t17-,18-,19+/m0/s1. The van der Waals surface area contributed by atoms with E-state index in [0.717, 1.165) is 30.4 Å². The Bertz CT molecular complexity index is 661. The van der Waals surface area contributed by atoms with Crippen LogP contribution in [0.1, 0.15) is 57.1 Å². The molecule has 1 aliphatic carbocycles. The summed E-state index contributed by atoms with van der Waals surface area (Å²) in [6.45, 7) is 13.2. The van der Waals surface area contributed by atoms with Crippen LogP contribution >= 0.6 is 0 Å². The Morgan fingerprint density at radius 3 is 2.27 bits per heavy atom. The second kappa shape index (κ2) is 7.63. The van der Waals surface area contributed by atoms with Gasteiger partial charge in [0.1, 0.15) is 5.78 Å². The maximum Gasteiger partial charge on any atom is 0.211 e. The highest BCUT2D eigenvalue weighted by molar-refractivity contribution is 6.84. The van der Waals surface area contributed by atoms with Crippen LogP contribution < -0.4 is 0 Å². The predicted octanol–water partition coefficient (Wildman–Crippen LogP) is 5.60. The topological polar surface area (TPSA) is 60.2 Å². The van der Waals surface area contributed by atoms with Gasteiger partial charge in [-0.2, -0.15) is 0 Å². The quantitative estimate of drug-likeness (QED) is 0.382. The molecule has 3 atom stereocenters. The number of hydrogen-bond acceptors (Lipinski definition) is 3. The molecule has 1 aromatic carbocycles. The minimum absolute atomic E-state index is 0.0981. The van der Waals surface area contributed by atoms with Crippen LogP contribution in [-0.4, -0.2) is 25.3 Å². The lowest BCUT2D eigenvalue weighted by Gasteiger charge is -2.46. The number of Topliss-reactive ketones (excluding diaryl/α,β-unsaturated/α-hetero) is 1. The zero-order valence-corrected chi connectivity index (χ0v) is 18.0. The van der Waals surface area contributed by atoms with E-state index in [0.29, 0.717) is 0 Å². The van der Waals surface area contributed by atoms with Crippen molar-refractivity contribution in [2.75, 3.05) is 6.54 Å². The average molecular weight is 376 g/mol. The van der Waals surface area contributed by atoms with Gasteiger partial charge in [-0.15, -0.1) is 0 Å². The number of ketones is 1. The highest BCUT2D eigenvalue weighted by atomic mass is 28.3. The van der Waals surface area contributed by atoms with Crippen molar-refractivity contribution in [3.63, 3.8) is 0 Å². The number of aryl methyl sites for hydroxylation is 1. The van der Waals surface area contributed by atoms with Gasteiger partial charge in [0.05, 0.1) is 14.0 Å². The fourth-order valence-electron chi connectivity index (χ4n) is 4.16. The molecule has 1 fully saturated rings. The normalized spacial score (nSPS) is 22.9. The summed E-state index contributed by atoms with van der Waals surface area (Å²) in [6.07, 6.45) is 2.72. The number of rotatable bonds is 5. The number of benzene rings is 1. The molecule has 1 aromatic rings. The number of nitro groups is 1. The SMILES string of the molecule is Cc1ccc([C@H](C[N+](=O)[O-])[C@@H]2CCC[C@@H]([Si](C)(C)C(C)(C)C)C2=O)cc1. The Morgan fingerprint density at radius 2 is 1.77 bits per heavy atom. The van der Waals surface area contributed by atoms with Gasteiger partial charge < -0.3 is 0 Å². The minimum atomic E-state index is -1.82. The average Bonchev–Trinajstić information content (AvgIpc) is 2.52. The highest BCUT2D eigenvalue weighted by Gasteiger charge is 2.50. The highest BCUT2D eigenvalue weighted by Crippen LogP contribution is 2.50. The van der Waals surface area contributed by atoms with Gasteiger partial charge >= 0.3 is 0 Å². The van der Waals surface area contributed by atoms with Crippen LogP contribution in [0.4, 0.5) is 0 Å². The molecule has 4 nitrogen and oxygen atoms in total. The zero-order valence-electron chi connectivity index (χ0n) is 17.0. The fourth-order valence-corrected chi connectivity index (χ4v) is 7.06. The summed E-state index contributed by atoms with van der Waals surface area (Å²) in [6, 6.07) is 7.90. The molecule has 0 amide bonds. The van der Waals surface area contributed by atoms with E-state index in [-0.39, 0.29) is 39.7 Å². The molecule has 0 spiro atoms. The van der Waals surface area contributed by atoms with E-state index in [2.05, 4.69) is 33.9 Å². The molecule has 0 unspecified atom stereocenters. The van der Waals surface area contributed by atoms with Gasteiger partial charge in [-0.3, -0.25) is 14.9 Å². The first-order valence-corrected chi connectivity index (χ1v) is 12.7. The van der Waals surface area contributed by atoms with Gasteiger partial charge in [-0.1, -0.05) is 70.1 Å². The molecule has 1 aliphatic rings. The summed E-state index contributed by atoms with van der Waals surface area (Å²) in [4.78, 5) is 24.6. The van der Waals surface area contributed by atoms with Crippen LogP contribution in [0.3, 0.4) is 0 Å². The van der Waals surface area contributed by atoms with Crippen molar-refractivity contribution >= 4 is 13.9 Å². The Morgan fingerprint density at radius 1 is 1.19 bits per heavy atom. The van der Waals surface area contributed by atoms with Crippen molar-refractivity contribution in [1.29, 1.82) is 0 Å². The van der Waals surface area contributed by atoms with E-state index < -0.39 is 8.07 Å². The van der Waals surface area contributed by atoms with E-state index >= 15 is 0 Å². The number of carbonyl (C=O) groups excluding carboxylic acids is 1. The Hall–Kier alpha value is -1.49. The van der Waals surface area contributed by atoms with E-state index in [9.17, 15) is 14.9 Å². The molecule has 1 saturated carbocycles. The van der Waals surface area contributed by atoms with Gasteiger partial charge in [0.2, 0.25) is 6.54 Å². The second-order valence-corrected chi connectivity index (χ2v) is 15.1. The molecule has 2 rings (SSSR count). The van der Waals surface area contributed by atoms with E-state index in [1.54, 1.807) is 0 Å². The molecule has 0 aliphatic heterocycles. The number of nitrogens with zero attached hydrogens (tertiary/aromatic N) is 1. The Kier molecular flexibility index (Phi) is 6.11. The fraction of sp³-hybridized carbons (Fsp3) is 0.667. The van der Waals surface area contributed by atoms with Crippen LogP contribution in [0.5, 0.6) is 0 Å². The molecular formula is C21H33NO3Si. The lowest BCUT2D eigenvalue weighted by Crippen LogP contribution is -2.49. The first-order valence-electron chi connectivity index (χ1n) is 9.67. The summed E-state index contributed by atoms with van der Waals surface area (Å²) < 4.78 is 0. The maximum absolute atomic E-state index is 13.5. The summed E-state index contributed by atoms with van der Waals surface area (Å²) in [7, 11) is -1.82. The molecule has 0 saturated heterocycles. The summed E-state index contributed by atoms with van der Waals surface area (Å²) in [5, 5.41) is 11.5. The Labute approximate surface area is 158 Å². The molecule has 0 heterocycles. The first kappa shape index (κ1) is 20.8. The first-order chi connectivity index (χ1) is 11.9.